The van der Waals surface area contributed by atoms with Crippen molar-refractivity contribution >= 4 is 11.3 Å². The Hall–Kier alpha value is -0.380. The van der Waals surface area contributed by atoms with E-state index in [4.69, 9.17) is 5.11 Å². The number of nitrogens with one attached hydrogen (secondary N) is 1. The van der Waals surface area contributed by atoms with Gasteiger partial charge in [-0.3, -0.25) is 0 Å². The highest BCUT2D eigenvalue weighted by Crippen LogP contribution is 2.21. The molecule has 0 unspecified atom stereocenters. The minimum Gasteiger partial charge on any atom is -0.396 e. The molecule has 1 aromatic rings. The fourth-order valence-electron chi connectivity index (χ4n) is 1.68. The fraction of sp³-hybridized carbons (Fsp3) is 0.636. The summed E-state index contributed by atoms with van der Waals surface area (Å²) < 4.78 is 0. The quantitative estimate of drug-likeness (QED) is 0.752. The van der Waals surface area contributed by atoms with E-state index in [1.807, 2.05) is 0 Å². The third-order valence-electron chi connectivity index (χ3n) is 2.59. The van der Waals surface area contributed by atoms with Crippen LogP contribution >= 0.6 is 11.3 Å². The second-order valence-corrected chi connectivity index (χ2v) is 4.77. The second kappa shape index (κ2) is 4.91. The Kier molecular flexibility index (Phi) is 3.56. The molecule has 3 heteroatoms. The fourth-order valence-corrected chi connectivity index (χ4v) is 2.36. The minimum atomic E-state index is 0.286. The molecule has 0 radical (unpaired) electrons. The highest BCUT2D eigenvalue weighted by Gasteiger charge is 2.24. The van der Waals surface area contributed by atoms with Gasteiger partial charge in [-0.1, -0.05) is 0 Å². The number of hydrogen-bond donors (Lipinski definition) is 2. The van der Waals surface area contributed by atoms with E-state index in [0.717, 1.165) is 18.9 Å². The van der Waals surface area contributed by atoms with Gasteiger partial charge >= 0.3 is 0 Å². The lowest BCUT2D eigenvalue weighted by Gasteiger charge is -2.16. The van der Waals surface area contributed by atoms with Crippen LogP contribution in [0.15, 0.2) is 16.8 Å². The summed E-state index contributed by atoms with van der Waals surface area (Å²) in [5.74, 6) is 0. The summed E-state index contributed by atoms with van der Waals surface area (Å²) in [6.07, 6.45) is 4.55. The van der Waals surface area contributed by atoms with Gasteiger partial charge in [0.15, 0.2) is 0 Å². The Bertz CT molecular complexity index is 256. The Balaban J connectivity index is 1.82. The number of thiophene rings is 1. The lowest BCUT2D eigenvalue weighted by molar-refractivity contribution is 0.263. The van der Waals surface area contributed by atoms with Crippen molar-refractivity contribution in [1.82, 2.24) is 5.32 Å². The van der Waals surface area contributed by atoms with E-state index in [9.17, 15) is 0 Å². The molecule has 14 heavy (non-hydrogen) atoms. The normalized spacial score (nSPS) is 18.4. The first kappa shape index (κ1) is 10.1. The maximum Gasteiger partial charge on any atom is 0.0445 e. The average Bonchev–Trinajstić information content (AvgIpc) is 2.81. The molecule has 2 nitrogen and oxygen atoms in total. The van der Waals surface area contributed by atoms with Crippen LogP contribution in [0.3, 0.4) is 0 Å². The van der Waals surface area contributed by atoms with Crippen LogP contribution in [0.25, 0.3) is 0 Å². The second-order valence-electron chi connectivity index (χ2n) is 3.99. The molecule has 1 atom stereocenters. The molecular weight excluding hydrogens is 194 g/mol. The van der Waals surface area contributed by atoms with Crippen LogP contribution in [-0.2, 0) is 6.42 Å². The molecule has 0 aromatic carbocycles. The summed E-state index contributed by atoms with van der Waals surface area (Å²) in [7, 11) is 0. The highest BCUT2D eigenvalue weighted by molar-refractivity contribution is 7.07. The molecule has 78 valence electrons. The lowest BCUT2D eigenvalue weighted by Crippen LogP contribution is -2.33. The third-order valence-corrected chi connectivity index (χ3v) is 3.32. The summed E-state index contributed by atoms with van der Waals surface area (Å²) in [4.78, 5) is 0. The molecule has 1 heterocycles. The van der Waals surface area contributed by atoms with Crippen LogP contribution in [0, 0.1) is 0 Å². The maximum absolute atomic E-state index is 8.96. The number of rotatable bonds is 6. The van der Waals surface area contributed by atoms with Gasteiger partial charge in [0.1, 0.15) is 0 Å². The van der Waals surface area contributed by atoms with Gasteiger partial charge in [-0.15, -0.1) is 0 Å². The maximum atomic E-state index is 8.96. The van der Waals surface area contributed by atoms with Gasteiger partial charge in [0.05, 0.1) is 0 Å². The standard InChI is InChI=1S/C11H17NOS/c13-5-3-11(12-10-1-2-10)7-9-4-6-14-8-9/h4,6,8,10-13H,1-3,5,7H2/t11-/m1/s1. The average molecular weight is 211 g/mol. The molecule has 0 saturated heterocycles. The molecule has 0 amide bonds. The number of aliphatic hydroxyl groups is 1. The summed E-state index contributed by atoms with van der Waals surface area (Å²) in [6.45, 7) is 0.286. The summed E-state index contributed by atoms with van der Waals surface area (Å²) in [6, 6.07) is 3.36. The Morgan fingerprint density at radius 2 is 2.43 bits per heavy atom. The van der Waals surface area contributed by atoms with E-state index in [2.05, 4.69) is 22.1 Å². The SMILES string of the molecule is OCC[C@H](Cc1ccsc1)NC1CC1. The van der Waals surface area contributed by atoms with Crippen LogP contribution in [0.1, 0.15) is 24.8 Å². The Morgan fingerprint density at radius 3 is 3.00 bits per heavy atom. The first-order valence-electron chi connectivity index (χ1n) is 5.26. The van der Waals surface area contributed by atoms with Crippen LogP contribution in [-0.4, -0.2) is 23.8 Å². The molecule has 2 rings (SSSR count). The zero-order chi connectivity index (χ0) is 9.80. The molecule has 0 aliphatic heterocycles. The van der Waals surface area contributed by atoms with Crippen molar-refractivity contribution < 1.29 is 5.11 Å². The first-order chi connectivity index (χ1) is 6.88. The van der Waals surface area contributed by atoms with E-state index in [1.54, 1.807) is 11.3 Å². The molecule has 0 spiro atoms. The smallest absolute Gasteiger partial charge is 0.0445 e. The van der Waals surface area contributed by atoms with E-state index in [-0.39, 0.29) is 6.61 Å². The predicted molar refractivity (Wildman–Crippen MR) is 59.7 cm³/mol. The van der Waals surface area contributed by atoms with Crippen LogP contribution in [0.4, 0.5) is 0 Å². The molecule has 1 aromatic heterocycles. The van der Waals surface area contributed by atoms with Crippen molar-refractivity contribution in [2.45, 2.75) is 37.8 Å². The topological polar surface area (TPSA) is 32.3 Å². The van der Waals surface area contributed by atoms with Crippen LogP contribution < -0.4 is 5.32 Å². The number of aliphatic hydroxyl groups excluding tert-OH is 1. The van der Waals surface area contributed by atoms with Crippen molar-refractivity contribution in [2.75, 3.05) is 6.61 Å². The summed E-state index contributed by atoms with van der Waals surface area (Å²) in [5, 5.41) is 16.8. The zero-order valence-corrected chi connectivity index (χ0v) is 9.09. The summed E-state index contributed by atoms with van der Waals surface area (Å²) in [5.41, 5.74) is 1.39. The van der Waals surface area contributed by atoms with E-state index >= 15 is 0 Å². The third kappa shape index (κ3) is 3.08. The van der Waals surface area contributed by atoms with Crippen molar-refractivity contribution in [3.05, 3.63) is 22.4 Å². The molecule has 0 bridgehead atoms. The predicted octanol–water partition coefficient (Wildman–Crippen LogP) is 1.79. The van der Waals surface area contributed by atoms with Gasteiger partial charge < -0.3 is 10.4 Å². The zero-order valence-electron chi connectivity index (χ0n) is 8.28. The molecule has 1 aliphatic rings. The highest BCUT2D eigenvalue weighted by atomic mass is 32.1. The van der Waals surface area contributed by atoms with Gasteiger partial charge in [0, 0.05) is 18.7 Å². The van der Waals surface area contributed by atoms with Gasteiger partial charge in [-0.25, -0.2) is 0 Å². The monoisotopic (exact) mass is 211 g/mol. The molecule has 2 N–H and O–H groups in total. The molecule has 1 saturated carbocycles. The first-order valence-corrected chi connectivity index (χ1v) is 6.21. The minimum absolute atomic E-state index is 0.286. The molecular formula is C11H17NOS. The van der Waals surface area contributed by atoms with E-state index in [0.29, 0.717) is 6.04 Å². The summed E-state index contributed by atoms with van der Waals surface area (Å²) >= 11 is 1.74. The van der Waals surface area contributed by atoms with Crippen molar-refractivity contribution in [2.24, 2.45) is 0 Å². The van der Waals surface area contributed by atoms with Crippen molar-refractivity contribution in [1.29, 1.82) is 0 Å². The molecule has 1 aliphatic carbocycles. The molecule has 1 fully saturated rings. The van der Waals surface area contributed by atoms with E-state index < -0.39 is 0 Å². The Morgan fingerprint density at radius 1 is 1.57 bits per heavy atom. The van der Waals surface area contributed by atoms with Gasteiger partial charge in [0.25, 0.3) is 0 Å². The van der Waals surface area contributed by atoms with Crippen LogP contribution in [0.5, 0.6) is 0 Å². The van der Waals surface area contributed by atoms with Crippen molar-refractivity contribution in [3.8, 4) is 0 Å². The lowest BCUT2D eigenvalue weighted by atomic mass is 10.1. The van der Waals surface area contributed by atoms with Gasteiger partial charge in [0.2, 0.25) is 0 Å². The van der Waals surface area contributed by atoms with Gasteiger partial charge in [-0.2, -0.15) is 11.3 Å². The van der Waals surface area contributed by atoms with Crippen molar-refractivity contribution in [3.63, 3.8) is 0 Å². The van der Waals surface area contributed by atoms with Gasteiger partial charge in [-0.05, 0) is 48.1 Å². The van der Waals surface area contributed by atoms with Crippen LogP contribution in [0.2, 0.25) is 0 Å². The Labute approximate surface area is 89.0 Å². The number of hydrogen-bond acceptors (Lipinski definition) is 3. The van der Waals surface area contributed by atoms with E-state index in [1.165, 1.54) is 18.4 Å². The largest absolute Gasteiger partial charge is 0.396 e.